The molecule has 2 aromatic carbocycles. The Balaban J connectivity index is 1.59. The summed E-state index contributed by atoms with van der Waals surface area (Å²) < 4.78 is 27.0. The summed E-state index contributed by atoms with van der Waals surface area (Å²) in [6.07, 6.45) is 4.13. The van der Waals surface area contributed by atoms with Crippen molar-refractivity contribution in [3.63, 3.8) is 0 Å². The molecule has 29 heavy (non-hydrogen) atoms. The van der Waals surface area contributed by atoms with Crippen LogP contribution in [0, 0.1) is 0 Å². The number of piperidine rings is 1. The van der Waals surface area contributed by atoms with Crippen LogP contribution in [0.15, 0.2) is 53.4 Å². The van der Waals surface area contributed by atoms with E-state index in [0.717, 1.165) is 36.8 Å². The Morgan fingerprint density at radius 1 is 0.966 bits per heavy atom. The van der Waals surface area contributed by atoms with E-state index in [1.807, 2.05) is 19.1 Å². The van der Waals surface area contributed by atoms with Crippen LogP contribution >= 0.6 is 0 Å². The van der Waals surface area contributed by atoms with E-state index in [0.29, 0.717) is 18.0 Å². The molecule has 1 amide bonds. The van der Waals surface area contributed by atoms with E-state index < -0.39 is 10.0 Å². The Bertz CT molecular complexity index is 916. The maximum absolute atomic E-state index is 12.7. The zero-order valence-electron chi connectivity index (χ0n) is 17.2. The summed E-state index contributed by atoms with van der Waals surface area (Å²) >= 11 is 0. The van der Waals surface area contributed by atoms with E-state index >= 15 is 0 Å². The first-order chi connectivity index (χ1) is 13.9. The number of nitrogens with one attached hydrogen (secondary N) is 1. The van der Waals surface area contributed by atoms with Crippen molar-refractivity contribution in [2.45, 2.75) is 56.9 Å². The van der Waals surface area contributed by atoms with E-state index in [1.165, 1.54) is 5.56 Å². The average molecular weight is 415 g/mol. The molecule has 5 nitrogen and oxygen atoms in total. The predicted octanol–water partition coefficient (Wildman–Crippen LogP) is 3.84. The van der Waals surface area contributed by atoms with Crippen molar-refractivity contribution in [3.8, 4) is 0 Å². The van der Waals surface area contributed by atoms with Crippen LogP contribution < -0.4 is 5.32 Å². The number of nitrogens with zero attached hydrogens (tertiary/aromatic N) is 1. The molecule has 1 saturated heterocycles. The van der Waals surface area contributed by atoms with Crippen LogP contribution in [0.2, 0.25) is 0 Å². The third-order valence-corrected chi connectivity index (χ3v) is 7.42. The van der Waals surface area contributed by atoms with Gasteiger partial charge in [0.15, 0.2) is 0 Å². The largest absolute Gasteiger partial charge is 0.349 e. The summed E-state index contributed by atoms with van der Waals surface area (Å²) in [7, 11) is -3.44. The Hall–Kier alpha value is -2.18. The van der Waals surface area contributed by atoms with Gasteiger partial charge in [-0.3, -0.25) is 4.79 Å². The Labute approximate surface area is 174 Å². The molecule has 0 aromatic heterocycles. The van der Waals surface area contributed by atoms with Crippen LogP contribution in [0.5, 0.6) is 0 Å². The van der Waals surface area contributed by atoms with Gasteiger partial charge in [0.05, 0.1) is 17.4 Å². The van der Waals surface area contributed by atoms with Gasteiger partial charge in [-0.05, 0) is 55.0 Å². The molecule has 0 saturated carbocycles. The fourth-order valence-corrected chi connectivity index (χ4v) is 5.15. The minimum absolute atomic E-state index is 0.0767. The molecular formula is C23H30N2O3S. The smallest absolute Gasteiger partial charge is 0.243 e. The summed E-state index contributed by atoms with van der Waals surface area (Å²) in [6.45, 7) is 5.25. The number of amides is 1. The molecule has 1 aliphatic heterocycles. The summed E-state index contributed by atoms with van der Waals surface area (Å²) in [5, 5.41) is 3.01. The minimum atomic E-state index is -3.44. The molecule has 2 aromatic rings. The Morgan fingerprint density at radius 3 is 2.14 bits per heavy atom. The van der Waals surface area contributed by atoms with Gasteiger partial charge in [0.1, 0.15) is 0 Å². The van der Waals surface area contributed by atoms with Gasteiger partial charge in [0.25, 0.3) is 0 Å². The zero-order chi connectivity index (χ0) is 20.9. The molecule has 1 N–H and O–H groups in total. The molecular weight excluding hydrogens is 384 g/mol. The monoisotopic (exact) mass is 414 g/mol. The Kier molecular flexibility index (Phi) is 7.09. The zero-order valence-corrected chi connectivity index (χ0v) is 18.0. The normalized spacial score (nSPS) is 16.3. The molecule has 0 aliphatic carbocycles. The minimum Gasteiger partial charge on any atom is -0.349 e. The molecule has 1 fully saturated rings. The van der Waals surface area contributed by atoms with Gasteiger partial charge in [-0.2, -0.15) is 4.31 Å². The number of carbonyl (C=O) groups excluding carboxylic acids is 1. The SMILES string of the molecule is CCc1ccc(C(C)NC(=O)Cc2ccc(S(=O)(=O)N3CCCCC3)cc2)cc1. The van der Waals surface area contributed by atoms with Gasteiger partial charge in [-0.1, -0.05) is 49.7 Å². The van der Waals surface area contributed by atoms with Gasteiger partial charge < -0.3 is 5.32 Å². The average Bonchev–Trinajstić information content (AvgIpc) is 2.74. The highest BCUT2D eigenvalue weighted by atomic mass is 32.2. The van der Waals surface area contributed by atoms with Crippen LogP contribution in [0.4, 0.5) is 0 Å². The fourth-order valence-electron chi connectivity index (χ4n) is 3.64. The highest BCUT2D eigenvalue weighted by Gasteiger charge is 2.25. The lowest BCUT2D eigenvalue weighted by Gasteiger charge is -2.25. The predicted molar refractivity (Wildman–Crippen MR) is 115 cm³/mol. The summed E-state index contributed by atoms with van der Waals surface area (Å²) in [6, 6.07) is 14.9. The number of hydrogen-bond donors (Lipinski definition) is 1. The molecule has 1 unspecified atom stereocenters. The Morgan fingerprint density at radius 2 is 1.55 bits per heavy atom. The first-order valence-corrected chi connectivity index (χ1v) is 11.8. The molecule has 1 aliphatic rings. The fraction of sp³-hybridized carbons (Fsp3) is 0.435. The molecule has 6 heteroatoms. The third kappa shape index (κ3) is 5.46. The summed E-state index contributed by atoms with van der Waals surface area (Å²) in [5.74, 6) is -0.0799. The molecule has 0 radical (unpaired) electrons. The van der Waals surface area contributed by atoms with Crippen LogP contribution in [0.3, 0.4) is 0 Å². The second-order valence-electron chi connectivity index (χ2n) is 7.67. The number of benzene rings is 2. The van der Waals surface area contributed by atoms with E-state index in [9.17, 15) is 13.2 Å². The van der Waals surface area contributed by atoms with Crippen molar-refractivity contribution >= 4 is 15.9 Å². The van der Waals surface area contributed by atoms with E-state index in [-0.39, 0.29) is 18.4 Å². The molecule has 1 heterocycles. The van der Waals surface area contributed by atoms with Crippen molar-refractivity contribution in [2.24, 2.45) is 0 Å². The highest BCUT2D eigenvalue weighted by Crippen LogP contribution is 2.21. The van der Waals surface area contributed by atoms with Gasteiger partial charge >= 0.3 is 0 Å². The quantitative estimate of drug-likeness (QED) is 0.748. The molecule has 156 valence electrons. The molecule has 1 atom stereocenters. The molecule has 3 rings (SSSR count). The van der Waals surface area contributed by atoms with Crippen LogP contribution in [-0.4, -0.2) is 31.7 Å². The summed E-state index contributed by atoms with van der Waals surface area (Å²) in [5.41, 5.74) is 3.14. The van der Waals surface area contributed by atoms with Crippen LogP contribution in [-0.2, 0) is 27.7 Å². The van der Waals surface area contributed by atoms with Crippen molar-refractivity contribution in [3.05, 3.63) is 65.2 Å². The lowest BCUT2D eigenvalue weighted by molar-refractivity contribution is -0.121. The highest BCUT2D eigenvalue weighted by molar-refractivity contribution is 7.89. The van der Waals surface area contributed by atoms with Gasteiger partial charge in [-0.25, -0.2) is 8.42 Å². The summed E-state index contributed by atoms with van der Waals surface area (Å²) in [4.78, 5) is 12.7. The maximum atomic E-state index is 12.7. The number of hydrogen-bond acceptors (Lipinski definition) is 3. The van der Waals surface area contributed by atoms with Crippen molar-refractivity contribution in [1.82, 2.24) is 9.62 Å². The first-order valence-electron chi connectivity index (χ1n) is 10.4. The number of rotatable bonds is 7. The lowest BCUT2D eigenvalue weighted by atomic mass is 10.0. The molecule has 0 spiro atoms. The number of aryl methyl sites for hydroxylation is 1. The van der Waals surface area contributed by atoms with E-state index in [1.54, 1.807) is 28.6 Å². The van der Waals surface area contributed by atoms with Gasteiger partial charge in [0.2, 0.25) is 15.9 Å². The van der Waals surface area contributed by atoms with E-state index in [4.69, 9.17) is 0 Å². The van der Waals surface area contributed by atoms with E-state index in [2.05, 4.69) is 24.4 Å². The van der Waals surface area contributed by atoms with Crippen LogP contribution in [0.25, 0.3) is 0 Å². The lowest BCUT2D eigenvalue weighted by Crippen LogP contribution is -2.35. The third-order valence-electron chi connectivity index (χ3n) is 5.51. The van der Waals surface area contributed by atoms with Crippen molar-refractivity contribution < 1.29 is 13.2 Å². The standard InChI is InChI=1S/C23H30N2O3S/c1-3-19-7-11-21(12-8-19)18(2)24-23(26)17-20-9-13-22(14-10-20)29(27,28)25-15-5-4-6-16-25/h7-14,18H,3-6,15-17H2,1-2H3,(H,24,26). The second-order valence-corrected chi connectivity index (χ2v) is 9.61. The second kappa shape index (κ2) is 9.55. The van der Waals surface area contributed by atoms with Gasteiger partial charge in [-0.15, -0.1) is 0 Å². The van der Waals surface area contributed by atoms with Crippen molar-refractivity contribution in [2.75, 3.05) is 13.1 Å². The number of carbonyl (C=O) groups is 1. The van der Waals surface area contributed by atoms with Crippen molar-refractivity contribution in [1.29, 1.82) is 0 Å². The molecule has 0 bridgehead atoms. The maximum Gasteiger partial charge on any atom is 0.243 e. The van der Waals surface area contributed by atoms with Gasteiger partial charge in [0, 0.05) is 13.1 Å². The number of sulfonamides is 1. The topological polar surface area (TPSA) is 66.5 Å². The first kappa shape index (κ1) is 21.5. The van der Waals surface area contributed by atoms with Crippen LogP contribution in [0.1, 0.15) is 55.8 Å².